The minimum absolute atomic E-state index is 0.224. The van der Waals surface area contributed by atoms with Gasteiger partial charge in [-0.15, -0.1) is 0 Å². The van der Waals surface area contributed by atoms with E-state index in [1.54, 1.807) is 4.90 Å². The Bertz CT molecular complexity index is 592. The third kappa shape index (κ3) is 2.87. The van der Waals surface area contributed by atoms with Gasteiger partial charge in [-0.25, -0.2) is 4.79 Å². The van der Waals surface area contributed by atoms with E-state index in [9.17, 15) is 4.79 Å². The molecule has 3 rings (SSSR count). The third-order valence-electron chi connectivity index (χ3n) is 4.30. The molecule has 0 unspecified atom stereocenters. The highest BCUT2D eigenvalue weighted by Crippen LogP contribution is 2.29. The zero-order valence-electron chi connectivity index (χ0n) is 13.6. The lowest BCUT2D eigenvalue weighted by atomic mass is 10.1. The molecule has 1 aliphatic heterocycles. The summed E-state index contributed by atoms with van der Waals surface area (Å²) in [6.45, 7) is 7.07. The molecule has 1 aliphatic carbocycles. The normalized spacial score (nSPS) is 19.4. The summed E-state index contributed by atoms with van der Waals surface area (Å²) in [6.07, 6.45) is 5.12. The number of hydrogen-bond acceptors (Lipinski definition) is 4. The number of carbonyl (C=O) groups excluding carboxylic acids is 1. The van der Waals surface area contributed by atoms with Crippen LogP contribution in [0.3, 0.4) is 0 Å². The van der Waals surface area contributed by atoms with Gasteiger partial charge in [-0.1, -0.05) is 0 Å². The second kappa shape index (κ2) is 5.41. The lowest BCUT2D eigenvalue weighted by Crippen LogP contribution is -2.42. The Morgan fingerprint density at radius 3 is 2.64 bits per heavy atom. The Labute approximate surface area is 130 Å². The maximum atomic E-state index is 12.1. The molecule has 1 N–H and O–H groups in total. The summed E-state index contributed by atoms with van der Waals surface area (Å²) in [7, 11) is 0. The van der Waals surface area contributed by atoms with Crippen LogP contribution in [0, 0.1) is 5.41 Å². The fourth-order valence-corrected chi connectivity index (χ4v) is 3.20. The quantitative estimate of drug-likeness (QED) is 0.867. The van der Waals surface area contributed by atoms with Gasteiger partial charge in [-0.05, 0) is 46.5 Å². The van der Waals surface area contributed by atoms with Crippen molar-refractivity contribution in [1.82, 2.24) is 14.7 Å². The monoisotopic (exact) mass is 304 g/mol. The highest BCUT2D eigenvalue weighted by Gasteiger charge is 2.30. The highest BCUT2D eigenvalue weighted by atomic mass is 16.6. The van der Waals surface area contributed by atoms with Crippen LogP contribution in [0.4, 0.5) is 4.79 Å². The van der Waals surface area contributed by atoms with Crippen molar-refractivity contribution in [3.63, 3.8) is 0 Å². The molecule has 0 bridgehead atoms. The molecule has 0 radical (unpaired) electrons. The van der Waals surface area contributed by atoms with Crippen molar-refractivity contribution in [3.8, 4) is 0 Å². The molecular weight excluding hydrogens is 280 g/mol. The molecule has 22 heavy (non-hydrogen) atoms. The van der Waals surface area contributed by atoms with E-state index in [0.29, 0.717) is 24.8 Å². The number of nitrogens with one attached hydrogen (secondary N) is 1. The predicted octanol–water partition coefficient (Wildman–Crippen LogP) is 2.77. The van der Waals surface area contributed by atoms with Gasteiger partial charge in [-0.3, -0.25) is 4.68 Å². The first-order valence-electron chi connectivity index (χ1n) is 7.97. The van der Waals surface area contributed by atoms with Gasteiger partial charge in [-0.2, -0.15) is 5.10 Å². The van der Waals surface area contributed by atoms with Crippen LogP contribution in [0.25, 0.3) is 0 Å². The summed E-state index contributed by atoms with van der Waals surface area (Å²) in [5, 5.41) is 12.4. The Morgan fingerprint density at radius 1 is 1.32 bits per heavy atom. The van der Waals surface area contributed by atoms with Crippen molar-refractivity contribution in [3.05, 3.63) is 17.5 Å². The van der Waals surface area contributed by atoms with Crippen molar-refractivity contribution in [1.29, 1.82) is 5.41 Å². The van der Waals surface area contributed by atoms with E-state index in [2.05, 4.69) is 9.78 Å². The fraction of sp³-hybridized carbons (Fsp3) is 0.688. The van der Waals surface area contributed by atoms with Crippen LogP contribution in [0.15, 0.2) is 6.20 Å². The maximum absolute atomic E-state index is 12.1. The van der Waals surface area contributed by atoms with Crippen molar-refractivity contribution in [2.24, 2.45) is 0 Å². The third-order valence-corrected chi connectivity index (χ3v) is 4.30. The molecule has 1 fully saturated rings. The Hall–Kier alpha value is -1.85. The molecule has 1 aromatic rings. The van der Waals surface area contributed by atoms with Crippen LogP contribution >= 0.6 is 0 Å². The van der Waals surface area contributed by atoms with Gasteiger partial charge >= 0.3 is 6.09 Å². The molecular formula is C16H24N4O2. The first-order chi connectivity index (χ1) is 10.3. The standard InChI is InChI=1S/C16H24N4O2/c1-16(2,3)22-15(21)19-8-6-11(7-9-19)20-14-5-4-13(17)12(14)10-18-20/h10-11,17H,4-9H2,1-3H3. The van der Waals surface area contributed by atoms with Gasteiger partial charge in [0.25, 0.3) is 0 Å². The van der Waals surface area contributed by atoms with Crippen LogP contribution in [-0.4, -0.2) is 45.2 Å². The number of amides is 1. The van der Waals surface area contributed by atoms with E-state index in [-0.39, 0.29) is 6.09 Å². The minimum atomic E-state index is -0.447. The molecule has 0 saturated carbocycles. The molecule has 1 amide bonds. The van der Waals surface area contributed by atoms with Crippen molar-refractivity contribution < 1.29 is 9.53 Å². The molecule has 1 aromatic heterocycles. The largest absolute Gasteiger partial charge is 0.444 e. The van der Waals surface area contributed by atoms with Crippen molar-refractivity contribution in [2.75, 3.05) is 13.1 Å². The number of nitrogens with zero attached hydrogens (tertiary/aromatic N) is 3. The van der Waals surface area contributed by atoms with Gasteiger partial charge in [0.15, 0.2) is 0 Å². The van der Waals surface area contributed by atoms with E-state index in [0.717, 1.165) is 31.2 Å². The second-order valence-electron chi connectivity index (χ2n) is 7.13. The Morgan fingerprint density at radius 2 is 2.00 bits per heavy atom. The minimum Gasteiger partial charge on any atom is -0.444 e. The van der Waals surface area contributed by atoms with Crippen LogP contribution in [0.1, 0.15) is 57.3 Å². The predicted molar refractivity (Wildman–Crippen MR) is 83.5 cm³/mol. The maximum Gasteiger partial charge on any atom is 0.410 e. The summed E-state index contributed by atoms with van der Waals surface area (Å²) in [5.74, 6) is 0. The highest BCUT2D eigenvalue weighted by molar-refractivity contribution is 6.01. The lowest BCUT2D eigenvalue weighted by Gasteiger charge is -2.34. The average Bonchev–Trinajstić information content (AvgIpc) is 3.01. The summed E-state index contributed by atoms with van der Waals surface area (Å²) in [5.41, 5.74) is 2.46. The molecule has 6 heteroatoms. The first-order valence-corrected chi connectivity index (χ1v) is 7.97. The summed E-state index contributed by atoms with van der Waals surface area (Å²) < 4.78 is 7.51. The van der Waals surface area contributed by atoms with Crippen LogP contribution < -0.4 is 0 Å². The molecule has 120 valence electrons. The van der Waals surface area contributed by atoms with Crippen LogP contribution in [-0.2, 0) is 11.2 Å². The van der Waals surface area contributed by atoms with Crippen LogP contribution in [0.5, 0.6) is 0 Å². The lowest BCUT2D eigenvalue weighted by molar-refractivity contribution is 0.0184. The molecule has 0 spiro atoms. The van der Waals surface area contributed by atoms with E-state index in [1.165, 1.54) is 5.69 Å². The van der Waals surface area contributed by atoms with E-state index in [4.69, 9.17) is 10.1 Å². The number of piperidine rings is 1. The van der Waals surface area contributed by atoms with Gasteiger partial charge < -0.3 is 15.0 Å². The van der Waals surface area contributed by atoms with Gasteiger partial charge in [0, 0.05) is 30.1 Å². The zero-order chi connectivity index (χ0) is 15.9. The summed E-state index contributed by atoms with van der Waals surface area (Å²) in [4.78, 5) is 13.9. The molecule has 2 heterocycles. The second-order valence-corrected chi connectivity index (χ2v) is 7.13. The average molecular weight is 304 g/mol. The SMILES string of the molecule is CC(C)(C)OC(=O)N1CCC(n2ncc3c2CCC3=N)CC1. The first kappa shape index (κ1) is 15.1. The number of fused-ring (bicyclic) bond motifs is 1. The number of rotatable bonds is 1. The number of carbonyl (C=O) groups is 1. The van der Waals surface area contributed by atoms with Gasteiger partial charge in [0.1, 0.15) is 5.60 Å². The number of likely N-dealkylation sites (tertiary alicyclic amines) is 1. The Kier molecular flexibility index (Phi) is 3.70. The Balaban J connectivity index is 1.62. The molecule has 0 aromatic carbocycles. The number of aromatic nitrogens is 2. The molecule has 0 atom stereocenters. The van der Waals surface area contributed by atoms with E-state index in [1.807, 2.05) is 27.0 Å². The van der Waals surface area contributed by atoms with E-state index < -0.39 is 5.60 Å². The van der Waals surface area contributed by atoms with Gasteiger partial charge in [0.2, 0.25) is 0 Å². The van der Waals surface area contributed by atoms with Gasteiger partial charge in [0.05, 0.1) is 12.2 Å². The number of hydrogen-bond donors (Lipinski definition) is 1. The zero-order valence-corrected chi connectivity index (χ0v) is 13.6. The fourth-order valence-electron chi connectivity index (χ4n) is 3.20. The number of ether oxygens (including phenoxy) is 1. The molecule has 1 saturated heterocycles. The summed E-state index contributed by atoms with van der Waals surface area (Å²) in [6, 6.07) is 0.327. The van der Waals surface area contributed by atoms with Crippen LogP contribution in [0.2, 0.25) is 0 Å². The topological polar surface area (TPSA) is 71.2 Å². The smallest absolute Gasteiger partial charge is 0.410 e. The van der Waals surface area contributed by atoms with Crippen molar-refractivity contribution in [2.45, 2.75) is 58.1 Å². The van der Waals surface area contributed by atoms with E-state index >= 15 is 0 Å². The summed E-state index contributed by atoms with van der Waals surface area (Å²) >= 11 is 0. The molecule has 2 aliphatic rings. The molecule has 6 nitrogen and oxygen atoms in total. The van der Waals surface area contributed by atoms with Crippen molar-refractivity contribution >= 4 is 11.8 Å².